The second-order valence-electron chi connectivity index (χ2n) is 4.50. The van der Waals surface area contributed by atoms with Crippen LogP contribution in [-0.4, -0.2) is 47.7 Å². The van der Waals surface area contributed by atoms with E-state index in [2.05, 4.69) is 20.8 Å². The molecule has 0 unspecified atom stereocenters. The van der Waals surface area contributed by atoms with E-state index >= 15 is 0 Å². The van der Waals surface area contributed by atoms with Crippen LogP contribution >= 0.6 is 0 Å². The van der Waals surface area contributed by atoms with Gasteiger partial charge in [-0.3, -0.25) is 4.79 Å². The van der Waals surface area contributed by atoms with Crippen LogP contribution in [0.25, 0.3) is 0 Å². The molecule has 0 atom stereocenters. The minimum absolute atomic E-state index is 0.0590. The van der Waals surface area contributed by atoms with Gasteiger partial charge in [0.2, 0.25) is 11.8 Å². The van der Waals surface area contributed by atoms with Crippen molar-refractivity contribution in [3.05, 3.63) is 5.89 Å². The first-order valence-corrected chi connectivity index (χ1v) is 5.99. The Labute approximate surface area is 107 Å². The Morgan fingerprint density at radius 2 is 2.11 bits per heavy atom. The largest absolute Gasteiger partial charge is 0.407 e. The standard InChI is InChI=1S/C11H21N5O2/c1-8(2)13-7-9-14-15-11(18-9)12-6-5-10(17)16(3)4/h8,13H,5-7H2,1-4H3,(H,12,15). The van der Waals surface area contributed by atoms with Crippen LogP contribution in [0.5, 0.6) is 0 Å². The normalized spacial score (nSPS) is 10.7. The summed E-state index contributed by atoms with van der Waals surface area (Å²) in [6, 6.07) is 0.716. The smallest absolute Gasteiger partial charge is 0.315 e. The molecule has 7 heteroatoms. The predicted octanol–water partition coefficient (Wildman–Crippen LogP) is 0.458. The van der Waals surface area contributed by atoms with E-state index in [-0.39, 0.29) is 5.91 Å². The maximum atomic E-state index is 11.3. The maximum Gasteiger partial charge on any atom is 0.315 e. The number of carbonyl (C=O) groups excluding carboxylic acids is 1. The Morgan fingerprint density at radius 3 is 2.72 bits per heavy atom. The summed E-state index contributed by atoms with van der Waals surface area (Å²) in [6.07, 6.45) is 0.398. The van der Waals surface area contributed by atoms with Crippen LogP contribution in [0.1, 0.15) is 26.2 Å². The monoisotopic (exact) mass is 255 g/mol. The molecule has 102 valence electrons. The minimum atomic E-state index is 0.0590. The zero-order chi connectivity index (χ0) is 13.5. The van der Waals surface area contributed by atoms with E-state index in [4.69, 9.17) is 4.42 Å². The van der Waals surface area contributed by atoms with Gasteiger partial charge in [-0.25, -0.2) is 0 Å². The molecule has 0 spiro atoms. The second-order valence-corrected chi connectivity index (χ2v) is 4.50. The number of aromatic nitrogens is 2. The Bertz CT molecular complexity index is 375. The maximum absolute atomic E-state index is 11.3. The lowest BCUT2D eigenvalue weighted by Gasteiger charge is -2.09. The Balaban J connectivity index is 2.29. The van der Waals surface area contributed by atoms with E-state index in [0.29, 0.717) is 37.5 Å². The van der Waals surface area contributed by atoms with Gasteiger partial charge in [0.05, 0.1) is 6.54 Å². The minimum Gasteiger partial charge on any atom is -0.407 e. The first-order valence-electron chi connectivity index (χ1n) is 5.99. The summed E-state index contributed by atoms with van der Waals surface area (Å²) in [5, 5.41) is 13.8. The molecule has 1 amide bonds. The molecular weight excluding hydrogens is 234 g/mol. The van der Waals surface area contributed by atoms with Gasteiger partial charge in [0, 0.05) is 33.1 Å². The van der Waals surface area contributed by atoms with Crippen molar-refractivity contribution >= 4 is 11.9 Å². The molecule has 1 aromatic heterocycles. The summed E-state index contributed by atoms with van der Waals surface area (Å²) in [7, 11) is 3.45. The van der Waals surface area contributed by atoms with Crippen LogP contribution in [0, 0.1) is 0 Å². The van der Waals surface area contributed by atoms with Gasteiger partial charge in [0.15, 0.2) is 0 Å². The number of nitrogens with zero attached hydrogens (tertiary/aromatic N) is 3. The number of anilines is 1. The van der Waals surface area contributed by atoms with E-state index in [0.717, 1.165) is 0 Å². The molecule has 0 saturated carbocycles. The zero-order valence-electron chi connectivity index (χ0n) is 11.4. The summed E-state index contributed by atoms with van der Waals surface area (Å²) in [5.74, 6) is 0.592. The highest BCUT2D eigenvalue weighted by molar-refractivity contribution is 5.75. The average molecular weight is 255 g/mol. The molecule has 18 heavy (non-hydrogen) atoms. The molecule has 0 radical (unpaired) electrons. The molecule has 0 aliphatic carbocycles. The predicted molar refractivity (Wildman–Crippen MR) is 68.1 cm³/mol. The Morgan fingerprint density at radius 1 is 1.39 bits per heavy atom. The van der Waals surface area contributed by atoms with Crippen molar-refractivity contribution in [3.8, 4) is 0 Å². The topological polar surface area (TPSA) is 83.3 Å². The molecular formula is C11H21N5O2. The lowest BCUT2D eigenvalue weighted by Crippen LogP contribution is -2.23. The number of nitrogens with one attached hydrogen (secondary N) is 2. The first-order chi connectivity index (χ1) is 8.49. The molecule has 2 N–H and O–H groups in total. The summed E-state index contributed by atoms with van der Waals surface area (Å²) in [5.41, 5.74) is 0. The summed E-state index contributed by atoms with van der Waals surface area (Å²) >= 11 is 0. The van der Waals surface area contributed by atoms with E-state index in [1.54, 1.807) is 19.0 Å². The third-order valence-electron chi connectivity index (χ3n) is 2.24. The number of carbonyl (C=O) groups is 1. The fourth-order valence-corrected chi connectivity index (χ4v) is 1.19. The quantitative estimate of drug-likeness (QED) is 0.736. The van der Waals surface area contributed by atoms with Gasteiger partial charge in [0.1, 0.15) is 0 Å². The van der Waals surface area contributed by atoms with E-state index < -0.39 is 0 Å². The van der Waals surface area contributed by atoms with Gasteiger partial charge < -0.3 is 20.0 Å². The molecule has 0 aromatic carbocycles. The van der Waals surface area contributed by atoms with Crippen LogP contribution in [-0.2, 0) is 11.3 Å². The molecule has 1 heterocycles. The fraction of sp³-hybridized carbons (Fsp3) is 0.727. The molecule has 0 aliphatic rings. The van der Waals surface area contributed by atoms with Gasteiger partial charge in [-0.1, -0.05) is 18.9 Å². The summed E-state index contributed by atoms with van der Waals surface area (Å²) in [4.78, 5) is 12.9. The van der Waals surface area contributed by atoms with Gasteiger partial charge in [-0.05, 0) is 0 Å². The molecule has 0 bridgehead atoms. The average Bonchev–Trinajstić information content (AvgIpc) is 2.74. The van der Waals surface area contributed by atoms with E-state index in [1.807, 2.05) is 13.8 Å². The molecule has 1 aromatic rings. The second kappa shape index (κ2) is 6.95. The first kappa shape index (κ1) is 14.4. The molecule has 0 saturated heterocycles. The lowest BCUT2D eigenvalue weighted by molar-refractivity contribution is -0.128. The number of amides is 1. The number of rotatable bonds is 7. The third-order valence-corrected chi connectivity index (χ3v) is 2.24. The van der Waals surface area contributed by atoms with Crippen LogP contribution in [0.4, 0.5) is 6.01 Å². The number of hydrogen-bond acceptors (Lipinski definition) is 6. The molecule has 1 rings (SSSR count). The van der Waals surface area contributed by atoms with E-state index in [9.17, 15) is 4.79 Å². The van der Waals surface area contributed by atoms with Crippen LogP contribution in [0.2, 0.25) is 0 Å². The highest BCUT2D eigenvalue weighted by atomic mass is 16.4. The van der Waals surface area contributed by atoms with E-state index in [1.165, 1.54) is 0 Å². The van der Waals surface area contributed by atoms with Gasteiger partial charge in [-0.15, -0.1) is 5.10 Å². The fourth-order valence-electron chi connectivity index (χ4n) is 1.19. The van der Waals surface area contributed by atoms with Gasteiger partial charge >= 0.3 is 6.01 Å². The molecule has 0 aliphatic heterocycles. The van der Waals surface area contributed by atoms with Gasteiger partial charge in [0.25, 0.3) is 0 Å². The lowest BCUT2D eigenvalue weighted by atomic mass is 10.4. The van der Waals surface area contributed by atoms with Crippen molar-refractivity contribution in [3.63, 3.8) is 0 Å². The summed E-state index contributed by atoms with van der Waals surface area (Å²) in [6.45, 7) is 5.12. The highest BCUT2D eigenvalue weighted by Gasteiger charge is 2.07. The van der Waals surface area contributed by atoms with Crippen molar-refractivity contribution in [1.82, 2.24) is 20.4 Å². The van der Waals surface area contributed by atoms with Crippen molar-refractivity contribution in [2.24, 2.45) is 0 Å². The molecule has 7 nitrogen and oxygen atoms in total. The summed E-state index contributed by atoms with van der Waals surface area (Å²) < 4.78 is 5.36. The van der Waals surface area contributed by atoms with Crippen molar-refractivity contribution in [2.75, 3.05) is 26.0 Å². The Hall–Kier alpha value is -1.63. The van der Waals surface area contributed by atoms with Crippen LogP contribution < -0.4 is 10.6 Å². The zero-order valence-corrected chi connectivity index (χ0v) is 11.4. The van der Waals surface area contributed by atoms with Crippen LogP contribution in [0.15, 0.2) is 4.42 Å². The van der Waals surface area contributed by atoms with Gasteiger partial charge in [-0.2, -0.15) is 0 Å². The Kier molecular flexibility index (Phi) is 5.57. The molecule has 0 fully saturated rings. The third kappa shape index (κ3) is 5.13. The van der Waals surface area contributed by atoms with Crippen molar-refractivity contribution < 1.29 is 9.21 Å². The van der Waals surface area contributed by atoms with Crippen LogP contribution in [0.3, 0.4) is 0 Å². The highest BCUT2D eigenvalue weighted by Crippen LogP contribution is 2.05. The van der Waals surface area contributed by atoms with Crippen molar-refractivity contribution in [2.45, 2.75) is 32.9 Å². The number of hydrogen-bond donors (Lipinski definition) is 2. The van der Waals surface area contributed by atoms with Crippen molar-refractivity contribution in [1.29, 1.82) is 0 Å². The SMILES string of the molecule is CC(C)NCc1nnc(NCCC(=O)N(C)C)o1.